The van der Waals surface area contributed by atoms with Crippen LogP contribution in [-0.2, 0) is 4.74 Å². The number of hydrogen-bond acceptors (Lipinski definition) is 4. The van der Waals surface area contributed by atoms with Gasteiger partial charge in [0, 0.05) is 18.8 Å². The van der Waals surface area contributed by atoms with Crippen molar-refractivity contribution in [2.75, 3.05) is 24.5 Å². The van der Waals surface area contributed by atoms with E-state index in [1.165, 1.54) is 18.4 Å². The molecule has 0 unspecified atom stereocenters. The molecule has 5 nitrogen and oxygen atoms in total. The van der Waals surface area contributed by atoms with Crippen LogP contribution in [0.1, 0.15) is 59.1 Å². The molecule has 1 aliphatic heterocycles. The summed E-state index contributed by atoms with van der Waals surface area (Å²) in [6, 6.07) is 4.47. The van der Waals surface area contributed by atoms with E-state index >= 15 is 0 Å². The first-order valence-electron chi connectivity index (χ1n) is 8.56. The van der Waals surface area contributed by atoms with Crippen molar-refractivity contribution in [2.45, 2.75) is 59.1 Å². The van der Waals surface area contributed by atoms with Crippen LogP contribution in [0.15, 0.2) is 18.3 Å². The molecule has 1 fully saturated rings. The Morgan fingerprint density at radius 3 is 2.65 bits per heavy atom. The lowest BCUT2D eigenvalue weighted by Crippen LogP contribution is -2.37. The molecule has 0 aromatic carbocycles. The predicted molar refractivity (Wildman–Crippen MR) is 92.7 cm³/mol. The van der Waals surface area contributed by atoms with E-state index in [4.69, 9.17) is 4.74 Å². The Balaban J connectivity index is 2.12. The lowest BCUT2D eigenvalue weighted by Gasteiger charge is -2.26. The fraction of sp³-hybridized carbons (Fsp3) is 0.667. The molecule has 2 rings (SSSR count). The van der Waals surface area contributed by atoms with Crippen molar-refractivity contribution in [3.63, 3.8) is 0 Å². The quantitative estimate of drug-likeness (QED) is 0.841. The van der Waals surface area contributed by atoms with Crippen molar-refractivity contribution in [2.24, 2.45) is 0 Å². The summed E-state index contributed by atoms with van der Waals surface area (Å²) in [6.07, 6.45) is 3.97. The molecule has 2 heterocycles. The summed E-state index contributed by atoms with van der Waals surface area (Å²) >= 11 is 0. The number of likely N-dealkylation sites (tertiary alicyclic amines) is 1. The van der Waals surface area contributed by atoms with Crippen LogP contribution in [0.4, 0.5) is 10.6 Å². The lowest BCUT2D eigenvalue weighted by atomic mass is 10.1. The van der Waals surface area contributed by atoms with Gasteiger partial charge >= 0.3 is 6.09 Å². The highest BCUT2D eigenvalue weighted by Gasteiger charge is 2.26. The van der Waals surface area contributed by atoms with Crippen LogP contribution in [0, 0.1) is 0 Å². The van der Waals surface area contributed by atoms with Gasteiger partial charge < -0.3 is 4.74 Å². The van der Waals surface area contributed by atoms with Crippen LogP contribution >= 0.6 is 0 Å². The molecule has 128 valence electrons. The van der Waals surface area contributed by atoms with E-state index in [1.807, 2.05) is 40.0 Å². The zero-order valence-corrected chi connectivity index (χ0v) is 15.0. The molecule has 0 radical (unpaired) electrons. The predicted octanol–water partition coefficient (Wildman–Crippen LogP) is 4.00. The Hall–Kier alpha value is -1.62. The third-order valence-electron chi connectivity index (χ3n) is 4.13. The standard InChI is InChI=1S/C18H29N3O2/c1-6-20-12-8-9-15(20)14-10-11-16(19-13-14)21(7-2)17(22)23-18(3,4)5/h10-11,13,15H,6-9,12H2,1-5H3/t15-/m0/s1. The van der Waals surface area contributed by atoms with Crippen molar-refractivity contribution in [1.29, 1.82) is 0 Å². The number of hydrogen-bond donors (Lipinski definition) is 0. The van der Waals surface area contributed by atoms with Crippen LogP contribution < -0.4 is 4.90 Å². The first-order chi connectivity index (χ1) is 10.9. The minimum atomic E-state index is -0.504. The summed E-state index contributed by atoms with van der Waals surface area (Å²) in [5.41, 5.74) is 0.726. The summed E-state index contributed by atoms with van der Waals surface area (Å²) in [5, 5.41) is 0. The summed E-state index contributed by atoms with van der Waals surface area (Å²) < 4.78 is 5.45. The van der Waals surface area contributed by atoms with Gasteiger partial charge in [-0.1, -0.05) is 13.0 Å². The number of carbonyl (C=O) groups is 1. The zero-order valence-electron chi connectivity index (χ0n) is 15.0. The maximum absolute atomic E-state index is 12.3. The van der Waals surface area contributed by atoms with Crippen LogP contribution in [0.5, 0.6) is 0 Å². The molecule has 5 heteroatoms. The SMILES string of the molecule is CCN(C(=O)OC(C)(C)C)c1ccc([C@@H]2CCCN2CC)cn1. The summed E-state index contributed by atoms with van der Waals surface area (Å²) in [6.45, 7) is 12.5. The number of ether oxygens (including phenoxy) is 1. The minimum absolute atomic E-state index is 0.351. The molecule has 1 aliphatic rings. The maximum atomic E-state index is 12.3. The monoisotopic (exact) mass is 319 g/mol. The number of anilines is 1. The number of carbonyl (C=O) groups excluding carboxylic acids is 1. The third-order valence-corrected chi connectivity index (χ3v) is 4.13. The Bertz CT molecular complexity index is 522. The number of aromatic nitrogens is 1. The molecule has 0 saturated carbocycles. The molecule has 0 bridgehead atoms. The minimum Gasteiger partial charge on any atom is -0.443 e. The van der Waals surface area contributed by atoms with E-state index in [0.29, 0.717) is 18.4 Å². The highest BCUT2D eigenvalue weighted by molar-refractivity contribution is 5.86. The van der Waals surface area contributed by atoms with E-state index in [9.17, 15) is 4.79 Å². The number of rotatable bonds is 4. The molecule has 1 amide bonds. The Morgan fingerprint density at radius 2 is 2.13 bits per heavy atom. The van der Waals surface area contributed by atoms with Crippen molar-refractivity contribution in [3.05, 3.63) is 23.9 Å². The van der Waals surface area contributed by atoms with Gasteiger partial charge in [0.1, 0.15) is 11.4 Å². The van der Waals surface area contributed by atoms with Crippen molar-refractivity contribution < 1.29 is 9.53 Å². The van der Waals surface area contributed by atoms with Crippen molar-refractivity contribution in [1.82, 2.24) is 9.88 Å². The van der Waals surface area contributed by atoms with E-state index in [2.05, 4.69) is 22.9 Å². The second-order valence-electron chi connectivity index (χ2n) is 6.96. The normalized spacial score (nSPS) is 18.9. The average Bonchev–Trinajstić information content (AvgIpc) is 2.95. The first-order valence-corrected chi connectivity index (χ1v) is 8.56. The van der Waals surface area contributed by atoms with E-state index in [-0.39, 0.29) is 6.09 Å². The second kappa shape index (κ2) is 7.30. The fourth-order valence-electron chi connectivity index (χ4n) is 3.04. The Kier molecular flexibility index (Phi) is 5.63. The van der Waals surface area contributed by atoms with Gasteiger partial charge in [0.25, 0.3) is 0 Å². The van der Waals surface area contributed by atoms with Gasteiger partial charge in [-0.15, -0.1) is 0 Å². The number of pyridine rings is 1. The lowest BCUT2D eigenvalue weighted by molar-refractivity contribution is 0.0581. The molecule has 0 N–H and O–H groups in total. The smallest absolute Gasteiger partial charge is 0.415 e. The fourth-order valence-corrected chi connectivity index (χ4v) is 3.04. The van der Waals surface area contributed by atoms with E-state index in [0.717, 1.165) is 13.1 Å². The van der Waals surface area contributed by atoms with Crippen LogP contribution in [0.3, 0.4) is 0 Å². The van der Waals surface area contributed by atoms with Gasteiger partial charge in [0.15, 0.2) is 0 Å². The van der Waals surface area contributed by atoms with E-state index < -0.39 is 5.60 Å². The van der Waals surface area contributed by atoms with Gasteiger partial charge in [-0.05, 0) is 65.3 Å². The van der Waals surface area contributed by atoms with Crippen LogP contribution in [0.2, 0.25) is 0 Å². The van der Waals surface area contributed by atoms with Crippen molar-refractivity contribution >= 4 is 11.9 Å². The summed E-state index contributed by atoms with van der Waals surface area (Å²) in [4.78, 5) is 20.8. The molecule has 0 aliphatic carbocycles. The van der Waals surface area contributed by atoms with E-state index in [1.54, 1.807) is 4.90 Å². The Labute approximate surface area is 139 Å². The van der Waals surface area contributed by atoms with Gasteiger partial charge in [-0.3, -0.25) is 9.80 Å². The largest absolute Gasteiger partial charge is 0.443 e. The van der Waals surface area contributed by atoms with Gasteiger partial charge in [-0.25, -0.2) is 9.78 Å². The summed E-state index contributed by atoms with van der Waals surface area (Å²) in [7, 11) is 0. The first kappa shape index (κ1) is 17.7. The van der Waals surface area contributed by atoms with Gasteiger partial charge in [0.05, 0.1) is 0 Å². The molecule has 1 aromatic rings. The molecule has 1 aromatic heterocycles. The topological polar surface area (TPSA) is 45.7 Å². The number of amides is 1. The molecular formula is C18H29N3O2. The molecule has 23 heavy (non-hydrogen) atoms. The van der Waals surface area contributed by atoms with Gasteiger partial charge in [0.2, 0.25) is 0 Å². The van der Waals surface area contributed by atoms with Crippen LogP contribution in [0.25, 0.3) is 0 Å². The molecule has 1 atom stereocenters. The van der Waals surface area contributed by atoms with Gasteiger partial charge in [-0.2, -0.15) is 0 Å². The molecule has 1 saturated heterocycles. The second-order valence-corrected chi connectivity index (χ2v) is 6.96. The molecular weight excluding hydrogens is 290 g/mol. The van der Waals surface area contributed by atoms with Crippen molar-refractivity contribution in [3.8, 4) is 0 Å². The maximum Gasteiger partial charge on any atom is 0.415 e. The highest BCUT2D eigenvalue weighted by atomic mass is 16.6. The average molecular weight is 319 g/mol. The third kappa shape index (κ3) is 4.44. The molecule has 0 spiro atoms. The van der Waals surface area contributed by atoms with Crippen LogP contribution in [-0.4, -0.2) is 41.2 Å². The Morgan fingerprint density at radius 1 is 1.39 bits per heavy atom. The highest BCUT2D eigenvalue weighted by Crippen LogP contribution is 2.31. The zero-order chi connectivity index (χ0) is 17.0. The number of nitrogens with zero attached hydrogens (tertiary/aromatic N) is 3. The summed E-state index contributed by atoms with van der Waals surface area (Å²) in [5.74, 6) is 0.645.